The average Bonchev–Trinajstić information content (AvgIpc) is 2.04. The minimum Gasteiger partial charge on any atom is -0.335 e. The summed E-state index contributed by atoms with van der Waals surface area (Å²) >= 11 is 0. The molecule has 0 aliphatic heterocycles. The zero-order valence-electron chi connectivity index (χ0n) is 7.76. The zero-order valence-corrected chi connectivity index (χ0v) is 7.76. The fourth-order valence-electron chi connectivity index (χ4n) is 0.514. The number of carbonyl (C=O) groups excluding carboxylic acids is 2. The molecular weight excluding hydrogens is 170 g/mol. The molecule has 0 aromatic rings. The van der Waals surface area contributed by atoms with Gasteiger partial charge in [0.15, 0.2) is 0 Å². The van der Waals surface area contributed by atoms with Crippen molar-refractivity contribution >= 4 is 18.2 Å². The number of urea groups is 1. The highest BCUT2D eigenvalue weighted by Gasteiger charge is 2.00. The van der Waals surface area contributed by atoms with Gasteiger partial charge in [0.05, 0.1) is 6.67 Å². The molecule has 0 aromatic heterocycles. The third-order valence-electron chi connectivity index (χ3n) is 1.12. The highest BCUT2D eigenvalue weighted by atomic mass is 16.2. The molecule has 2 N–H and O–H groups in total. The van der Waals surface area contributed by atoms with Gasteiger partial charge in [-0.15, -0.1) is 0 Å². The van der Waals surface area contributed by atoms with E-state index in [1.807, 2.05) is 0 Å². The average molecular weight is 183 g/mol. The molecule has 0 bridgehead atoms. The van der Waals surface area contributed by atoms with Gasteiger partial charge >= 0.3 is 6.03 Å². The van der Waals surface area contributed by atoms with Gasteiger partial charge in [0.1, 0.15) is 0 Å². The molecule has 0 aliphatic carbocycles. The summed E-state index contributed by atoms with van der Waals surface area (Å²) in [6.07, 6.45) is 1.37. The van der Waals surface area contributed by atoms with Crippen LogP contribution in [0.5, 0.6) is 0 Å². The summed E-state index contributed by atoms with van der Waals surface area (Å²) in [7, 11) is 0. The van der Waals surface area contributed by atoms with Crippen LogP contribution >= 0.6 is 0 Å². The van der Waals surface area contributed by atoms with Gasteiger partial charge in [0.2, 0.25) is 5.91 Å². The molecule has 0 atom stereocenters. The van der Waals surface area contributed by atoms with Crippen LogP contribution in [0.4, 0.5) is 4.79 Å². The van der Waals surface area contributed by atoms with Crippen LogP contribution in [-0.2, 0) is 4.79 Å². The molecule has 0 rings (SSSR count). The maximum absolute atomic E-state index is 10.9. The molecule has 0 spiro atoms. The van der Waals surface area contributed by atoms with Crippen LogP contribution in [0.3, 0.4) is 0 Å². The molecule has 0 saturated heterocycles. The summed E-state index contributed by atoms with van der Waals surface area (Å²) in [6.45, 7) is 6.71. The molecular formula is C8H13N3O2. The second kappa shape index (κ2) is 5.93. The molecule has 0 heterocycles. The van der Waals surface area contributed by atoms with E-state index in [-0.39, 0.29) is 12.6 Å². The van der Waals surface area contributed by atoms with Crippen LogP contribution in [0.25, 0.3) is 0 Å². The van der Waals surface area contributed by atoms with Gasteiger partial charge in [-0.2, -0.15) is 0 Å². The van der Waals surface area contributed by atoms with E-state index in [1.54, 1.807) is 13.8 Å². The van der Waals surface area contributed by atoms with E-state index < -0.39 is 6.03 Å². The molecule has 72 valence electrons. The maximum atomic E-state index is 10.9. The normalized spacial score (nSPS) is 9.69. The standard InChI is InChI=1S/C8H13N3O2/c1-4-9-8(13)11-5-10-7(12)6(2)3/h4H,2,5H2,1,3H3,(H,10,12)(H,11,13). The summed E-state index contributed by atoms with van der Waals surface area (Å²) in [5, 5.41) is 4.79. The Balaban J connectivity index is 3.62. The third kappa shape index (κ3) is 5.60. The van der Waals surface area contributed by atoms with Gasteiger partial charge in [-0.05, 0) is 13.8 Å². The summed E-state index contributed by atoms with van der Waals surface area (Å²) in [4.78, 5) is 25.0. The van der Waals surface area contributed by atoms with Gasteiger partial charge in [-0.25, -0.2) is 9.79 Å². The molecule has 3 amide bonds. The monoisotopic (exact) mass is 183 g/mol. The Morgan fingerprint density at radius 1 is 1.46 bits per heavy atom. The molecule has 13 heavy (non-hydrogen) atoms. The van der Waals surface area contributed by atoms with E-state index in [0.717, 1.165) is 0 Å². The van der Waals surface area contributed by atoms with Crippen molar-refractivity contribution in [1.82, 2.24) is 10.6 Å². The Labute approximate surface area is 76.9 Å². The third-order valence-corrected chi connectivity index (χ3v) is 1.12. The summed E-state index contributed by atoms with van der Waals surface area (Å²) in [5.41, 5.74) is 0.397. The van der Waals surface area contributed by atoms with Crippen molar-refractivity contribution in [2.75, 3.05) is 6.67 Å². The summed E-state index contributed by atoms with van der Waals surface area (Å²) in [5.74, 6) is -0.291. The minimum absolute atomic E-state index is 0.0574. The number of amides is 3. The molecule has 0 fully saturated rings. The molecule has 0 aliphatic rings. The van der Waals surface area contributed by atoms with Gasteiger partial charge < -0.3 is 10.6 Å². The van der Waals surface area contributed by atoms with Gasteiger partial charge in [0, 0.05) is 11.8 Å². The van der Waals surface area contributed by atoms with E-state index >= 15 is 0 Å². The van der Waals surface area contributed by atoms with Crippen molar-refractivity contribution in [1.29, 1.82) is 0 Å². The Bertz CT molecular complexity index is 246. The maximum Gasteiger partial charge on any atom is 0.341 e. The molecule has 0 aromatic carbocycles. The largest absolute Gasteiger partial charge is 0.341 e. The van der Waals surface area contributed by atoms with E-state index in [2.05, 4.69) is 22.2 Å². The van der Waals surface area contributed by atoms with Crippen LogP contribution in [0.2, 0.25) is 0 Å². The lowest BCUT2D eigenvalue weighted by Gasteiger charge is -2.03. The van der Waals surface area contributed by atoms with E-state index in [0.29, 0.717) is 5.57 Å². The molecule has 5 nitrogen and oxygen atoms in total. The number of nitrogens with zero attached hydrogens (tertiary/aromatic N) is 1. The first-order valence-corrected chi connectivity index (χ1v) is 3.78. The highest BCUT2D eigenvalue weighted by molar-refractivity contribution is 5.92. The van der Waals surface area contributed by atoms with E-state index in [9.17, 15) is 9.59 Å². The molecule has 0 saturated carbocycles. The van der Waals surface area contributed by atoms with Crippen LogP contribution in [0, 0.1) is 0 Å². The first-order chi connectivity index (χ1) is 6.07. The number of rotatable bonds is 3. The van der Waals surface area contributed by atoms with E-state index in [1.165, 1.54) is 6.21 Å². The minimum atomic E-state index is -0.482. The van der Waals surface area contributed by atoms with Crippen molar-refractivity contribution < 1.29 is 9.59 Å². The van der Waals surface area contributed by atoms with Crippen molar-refractivity contribution in [2.45, 2.75) is 13.8 Å². The molecule has 0 radical (unpaired) electrons. The van der Waals surface area contributed by atoms with Crippen molar-refractivity contribution in [2.24, 2.45) is 4.99 Å². The molecule has 5 heteroatoms. The second-order valence-corrected chi connectivity index (χ2v) is 2.33. The Morgan fingerprint density at radius 3 is 2.54 bits per heavy atom. The Morgan fingerprint density at radius 2 is 2.08 bits per heavy atom. The van der Waals surface area contributed by atoms with Crippen LogP contribution in [0.15, 0.2) is 17.1 Å². The number of carbonyl (C=O) groups is 2. The number of nitrogens with one attached hydrogen (secondary N) is 2. The number of hydrogen-bond acceptors (Lipinski definition) is 2. The lowest BCUT2D eigenvalue weighted by atomic mass is 10.3. The highest BCUT2D eigenvalue weighted by Crippen LogP contribution is 1.83. The summed E-state index contributed by atoms with van der Waals surface area (Å²) < 4.78 is 0. The fourth-order valence-corrected chi connectivity index (χ4v) is 0.514. The first kappa shape index (κ1) is 11.4. The van der Waals surface area contributed by atoms with Gasteiger partial charge in [0.25, 0.3) is 0 Å². The predicted molar refractivity (Wildman–Crippen MR) is 50.5 cm³/mol. The zero-order chi connectivity index (χ0) is 10.3. The number of aliphatic imine (C=N–C) groups is 1. The van der Waals surface area contributed by atoms with Crippen LogP contribution in [-0.4, -0.2) is 24.8 Å². The van der Waals surface area contributed by atoms with E-state index in [4.69, 9.17) is 0 Å². The van der Waals surface area contributed by atoms with Gasteiger partial charge in [-0.1, -0.05) is 6.58 Å². The predicted octanol–water partition coefficient (Wildman–Crippen LogP) is 0.436. The smallest absolute Gasteiger partial charge is 0.335 e. The van der Waals surface area contributed by atoms with Crippen molar-refractivity contribution in [3.05, 3.63) is 12.2 Å². The topological polar surface area (TPSA) is 70.6 Å². The lowest BCUT2D eigenvalue weighted by molar-refractivity contribution is -0.117. The number of hydrogen-bond donors (Lipinski definition) is 2. The van der Waals surface area contributed by atoms with Crippen LogP contribution in [0.1, 0.15) is 13.8 Å². The van der Waals surface area contributed by atoms with Crippen LogP contribution < -0.4 is 10.6 Å². The first-order valence-electron chi connectivity index (χ1n) is 3.78. The Kier molecular flexibility index (Phi) is 5.18. The van der Waals surface area contributed by atoms with Crippen molar-refractivity contribution in [3.8, 4) is 0 Å². The fraction of sp³-hybridized carbons (Fsp3) is 0.375. The summed E-state index contributed by atoms with van der Waals surface area (Å²) in [6, 6.07) is -0.482. The second-order valence-electron chi connectivity index (χ2n) is 2.33. The molecule has 0 unspecified atom stereocenters. The quantitative estimate of drug-likeness (QED) is 0.378. The van der Waals surface area contributed by atoms with Crippen molar-refractivity contribution in [3.63, 3.8) is 0 Å². The lowest BCUT2D eigenvalue weighted by Crippen LogP contribution is -2.36. The SMILES string of the molecule is C=C(C)C(=O)NCNC(=O)N=CC. The Hall–Kier alpha value is -1.65. The van der Waals surface area contributed by atoms with Gasteiger partial charge in [-0.3, -0.25) is 4.79 Å².